The fourth-order valence-electron chi connectivity index (χ4n) is 9.18. The third kappa shape index (κ3) is 7.43. The normalized spacial score (nSPS) is 38.8. The Hall–Kier alpha value is -1.99. The highest BCUT2D eigenvalue weighted by Crippen LogP contribution is 2.47. The highest BCUT2D eigenvalue weighted by molar-refractivity contribution is 6.23. The summed E-state index contributed by atoms with van der Waals surface area (Å²) in [5.41, 5.74) is -3.76. The molecule has 3 saturated heterocycles. The van der Waals surface area contributed by atoms with Gasteiger partial charge < -0.3 is 39.4 Å². The number of hydrogen-bond donors (Lipinski definition) is 4. The highest BCUT2D eigenvalue weighted by Gasteiger charge is 2.57. The second kappa shape index (κ2) is 15.5. The first-order chi connectivity index (χ1) is 23.3. The lowest BCUT2D eigenvalue weighted by atomic mass is 9.73. The van der Waals surface area contributed by atoms with Crippen LogP contribution < -0.4 is 0 Å². The van der Waals surface area contributed by atoms with Crippen molar-refractivity contribution < 1.29 is 53.8 Å². The van der Waals surface area contributed by atoms with Gasteiger partial charge in [0.25, 0.3) is 0 Å². The van der Waals surface area contributed by atoms with Gasteiger partial charge in [-0.2, -0.15) is 0 Å². The summed E-state index contributed by atoms with van der Waals surface area (Å²) in [6.07, 6.45) is -0.868. The summed E-state index contributed by atoms with van der Waals surface area (Å²) >= 11 is 0. The number of ether oxygens (including phenoxy) is 4. The predicted octanol–water partition coefficient (Wildman–Crippen LogP) is 4.72. The van der Waals surface area contributed by atoms with Crippen LogP contribution in [0.5, 0.6) is 0 Å². The van der Waals surface area contributed by atoms with Gasteiger partial charge >= 0.3 is 0 Å². The summed E-state index contributed by atoms with van der Waals surface area (Å²) in [5.74, 6) is -3.23. The number of methoxy groups -OCH3 is 1. The maximum absolute atomic E-state index is 14.2. The molecule has 284 valence electrons. The van der Waals surface area contributed by atoms with E-state index in [1.807, 2.05) is 41.5 Å². The van der Waals surface area contributed by atoms with Crippen LogP contribution in [0.1, 0.15) is 113 Å². The monoisotopic (exact) mass is 706 g/mol. The van der Waals surface area contributed by atoms with E-state index < -0.39 is 82.6 Å². The Kier molecular flexibility index (Phi) is 12.7. The van der Waals surface area contributed by atoms with E-state index in [2.05, 4.69) is 6.58 Å². The van der Waals surface area contributed by atoms with Gasteiger partial charge in [0, 0.05) is 31.8 Å². The third-order valence-electron chi connectivity index (χ3n) is 12.9. The first kappa shape index (κ1) is 40.8. The molecule has 14 unspecified atom stereocenters. The second-order valence-corrected chi connectivity index (χ2v) is 16.0. The van der Waals surface area contributed by atoms with E-state index in [1.54, 1.807) is 14.0 Å². The molecule has 0 spiro atoms. The molecule has 11 nitrogen and oxygen atoms in total. The summed E-state index contributed by atoms with van der Waals surface area (Å²) in [7, 11) is 1.56. The van der Waals surface area contributed by atoms with Crippen LogP contribution in [0, 0.1) is 23.7 Å². The van der Waals surface area contributed by atoms with Crippen LogP contribution in [0.2, 0.25) is 0 Å². The van der Waals surface area contributed by atoms with E-state index in [9.17, 15) is 34.8 Å². The van der Waals surface area contributed by atoms with Gasteiger partial charge in [-0.1, -0.05) is 41.2 Å². The van der Waals surface area contributed by atoms with E-state index >= 15 is 0 Å². The predicted molar refractivity (Wildman–Crippen MR) is 186 cm³/mol. The number of rotatable bonds is 14. The van der Waals surface area contributed by atoms with Crippen LogP contribution in [0.3, 0.4) is 0 Å². The molecular weight excluding hydrogens is 644 g/mol. The lowest BCUT2D eigenvalue weighted by Gasteiger charge is -2.49. The Labute approximate surface area is 297 Å². The smallest absolute Gasteiger partial charge is 0.174 e. The molecule has 3 heterocycles. The first-order valence-corrected chi connectivity index (χ1v) is 18.7. The van der Waals surface area contributed by atoms with Crippen molar-refractivity contribution >= 4 is 17.3 Å². The molecule has 0 aromatic rings. The van der Waals surface area contributed by atoms with Gasteiger partial charge in [-0.25, -0.2) is 0 Å². The standard InChI is InChI=1S/C39H62O11/c1-11-26(34(43)23(6)35-22(5)17-20(3)29(49-35)19-28(41)32-27(40)18-21(4)33(32)42)36(44)37(9,45)30-13-15-38(12-2,50-30)31-14-16-39(46,24(7)47-10)25(8)48-31/h20,22-26,29-31,34-35,42-43,45-46H,4,11-19H2,1-3,5-10H3. The molecule has 1 aliphatic carbocycles. The molecule has 50 heavy (non-hydrogen) atoms. The minimum Gasteiger partial charge on any atom is -0.507 e. The summed E-state index contributed by atoms with van der Waals surface area (Å²) in [5, 5.41) is 45.2. The van der Waals surface area contributed by atoms with Crippen LogP contribution in [-0.2, 0) is 33.3 Å². The number of aliphatic hydroxyl groups is 4. The fraction of sp³-hybridized carbons (Fsp3) is 0.821. The average Bonchev–Trinajstić information content (AvgIpc) is 3.63. The molecule has 0 saturated carbocycles. The van der Waals surface area contributed by atoms with Crippen molar-refractivity contribution in [3.8, 4) is 0 Å². The Morgan fingerprint density at radius 2 is 1.76 bits per heavy atom. The van der Waals surface area contributed by atoms with E-state index in [-0.39, 0.29) is 54.1 Å². The average molecular weight is 707 g/mol. The molecule has 0 aromatic carbocycles. The van der Waals surface area contributed by atoms with Crippen LogP contribution in [0.15, 0.2) is 23.5 Å². The molecule has 0 bridgehead atoms. The van der Waals surface area contributed by atoms with Crippen LogP contribution in [-0.4, -0.2) is 104 Å². The number of aliphatic hydroxyl groups excluding tert-OH is 2. The molecule has 4 aliphatic rings. The summed E-state index contributed by atoms with van der Waals surface area (Å²) in [6.45, 7) is 18.4. The SMILES string of the molecule is C=C1CC(=O)C(C(=O)CC2OC(C(C)C(O)C(CC)C(=O)C(C)(O)C3CCC(CC)(C4CCC(O)(C(C)OC)C(C)O4)O3)C(C)CC2C)=C1O. The van der Waals surface area contributed by atoms with E-state index in [0.717, 1.165) is 0 Å². The molecule has 11 heteroatoms. The van der Waals surface area contributed by atoms with Crippen molar-refractivity contribution in [1.29, 1.82) is 0 Å². The van der Waals surface area contributed by atoms with Crippen LogP contribution in [0.25, 0.3) is 0 Å². The summed E-state index contributed by atoms with van der Waals surface area (Å²) in [4.78, 5) is 39.7. The van der Waals surface area contributed by atoms with Gasteiger partial charge in [-0.3, -0.25) is 14.4 Å². The van der Waals surface area contributed by atoms with Gasteiger partial charge in [0.1, 0.15) is 22.5 Å². The zero-order valence-electron chi connectivity index (χ0n) is 31.6. The minimum absolute atomic E-state index is 0.000355. The number of ketones is 3. The number of hydrogen-bond acceptors (Lipinski definition) is 11. The number of carbonyl (C=O) groups is 3. The van der Waals surface area contributed by atoms with Crippen LogP contribution >= 0.6 is 0 Å². The number of carbonyl (C=O) groups excluding carboxylic acids is 3. The molecule has 0 amide bonds. The van der Waals surface area contributed by atoms with Crippen molar-refractivity contribution in [1.82, 2.24) is 0 Å². The Morgan fingerprint density at radius 3 is 2.30 bits per heavy atom. The molecule has 14 atom stereocenters. The second-order valence-electron chi connectivity index (χ2n) is 16.0. The molecular formula is C39H62O11. The Bertz CT molecular complexity index is 1320. The molecule has 0 aromatic heterocycles. The zero-order valence-corrected chi connectivity index (χ0v) is 31.6. The van der Waals surface area contributed by atoms with Gasteiger partial charge in [-0.05, 0) is 83.1 Å². The van der Waals surface area contributed by atoms with Crippen molar-refractivity contribution in [2.24, 2.45) is 23.7 Å². The maximum atomic E-state index is 14.2. The van der Waals surface area contributed by atoms with E-state index in [1.165, 1.54) is 6.92 Å². The topological polar surface area (TPSA) is 169 Å². The highest BCUT2D eigenvalue weighted by atomic mass is 16.6. The van der Waals surface area contributed by atoms with Crippen molar-refractivity contribution in [3.05, 3.63) is 23.5 Å². The van der Waals surface area contributed by atoms with E-state index in [0.29, 0.717) is 38.5 Å². The quantitative estimate of drug-likeness (QED) is 0.185. The largest absolute Gasteiger partial charge is 0.507 e. The van der Waals surface area contributed by atoms with Crippen molar-refractivity contribution in [2.75, 3.05) is 7.11 Å². The third-order valence-corrected chi connectivity index (χ3v) is 12.9. The minimum atomic E-state index is -1.89. The van der Waals surface area contributed by atoms with Gasteiger partial charge in [0.15, 0.2) is 17.3 Å². The molecule has 0 radical (unpaired) electrons. The van der Waals surface area contributed by atoms with E-state index in [4.69, 9.17) is 18.9 Å². The number of allylic oxidation sites excluding steroid dienone is 2. The summed E-state index contributed by atoms with van der Waals surface area (Å²) < 4.78 is 24.9. The lowest BCUT2D eigenvalue weighted by molar-refractivity contribution is -0.255. The molecule has 4 rings (SSSR count). The van der Waals surface area contributed by atoms with Crippen LogP contribution in [0.4, 0.5) is 0 Å². The van der Waals surface area contributed by atoms with Gasteiger partial charge in [0.05, 0.1) is 48.3 Å². The summed E-state index contributed by atoms with van der Waals surface area (Å²) in [6, 6.07) is 0. The molecule has 4 N–H and O–H groups in total. The number of Topliss-reactive ketones (excluding diaryl/α,β-unsaturated/α-hetero) is 3. The molecule has 3 aliphatic heterocycles. The van der Waals surface area contributed by atoms with Crippen molar-refractivity contribution in [3.63, 3.8) is 0 Å². The van der Waals surface area contributed by atoms with Crippen molar-refractivity contribution in [2.45, 2.75) is 173 Å². The first-order valence-electron chi connectivity index (χ1n) is 18.7. The maximum Gasteiger partial charge on any atom is 0.174 e. The Balaban J connectivity index is 1.45. The zero-order chi connectivity index (χ0) is 37.5. The van der Waals surface area contributed by atoms with Gasteiger partial charge in [0.2, 0.25) is 0 Å². The lowest BCUT2D eigenvalue weighted by Crippen LogP contribution is -2.60. The van der Waals surface area contributed by atoms with Gasteiger partial charge in [-0.15, -0.1) is 0 Å². The molecule has 3 fully saturated rings. The Morgan fingerprint density at radius 1 is 1.10 bits per heavy atom. The fourth-order valence-corrected chi connectivity index (χ4v) is 9.18.